The van der Waals surface area contributed by atoms with Crippen molar-refractivity contribution in [1.29, 1.82) is 0 Å². The molecule has 0 saturated carbocycles. The van der Waals surface area contributed by atoms with E-state index in [4.69, 9.17) is 4.74 Å². The van der Waals surface area contributed by atoms with Crippen molar-refractivity contribution in [3.05, 3.63) is 29.6 Å². The number of amides is 1. The third kappa shape index (κ3) is 4.96. The molecule has 1 amide bonds. The van der Waals surface area contributed by atoms with Gasteiger partial charge in [-0.25, -0.2) is 4.39 Å². The van der Waals surface area contributed by atoms with E-state index in [0.29, 0.717) is 18.1 Å². The summed E-state index contributed by atoms with van der Waals surface area (Å²) < 4.78 is 18.2. The van der Waals surface area contributed by atoms with Crippen LogP contribution < -0.4 is 10.1 Å². The summed E-state index contributed by atoms with van der Waals surface area (Å²) >= 11 is 1.47. The number of ether oxygens (including phenoxy) is 1. The highest BCUT2D eigenvalue weighted by atomic mass is 32.2. The van der Waals surface area contributed by atoms with E-state index in [2.05, 4.69) is 5.32 Å². The predicted octanol–water partition coefficient (Wildman–Crippen LogP) is 2.59. The summed E-state index contributed by atoms with van der Waals surface area (Å²) in [7, 11) is 1.44. The number of carbonyl (C=O) groups excluding carboxylic acids is 1. The van der Waals surface area contributed by atoms with Gasteiger partial charge < -0.3 is 10.1 Å². The molecule has 0 aliphatic carbocycles. The average Bonchev–Trinajstić information content (AvgIpc) is 2.36. The van der Waals surface area contributed by atoms with Crippen LogP contribution in [0.3, 0.4) is 0 Å². The first-order valence-electron chi connectivity index (χ1n) is 5.84. The van der Waals surface area contributed by atoms with Crippen LogP contribution in [0, 0.1) is 5.82 Å². The van der Waals surface area contributed by atoms with Gasteiger partial charge in [0.25, 0.3) is 0 Å². The zero-order valence-corrected chi connectivity index (χ0v) is 11.5. The maximum atomic E-state index is 13.4. The minimum Gasteiger partial charge on any atom is -0.494 e. The van der Waals surface area contributed by atoms with Crippen LogP contribution in [0.15, 0.2) is 18.2 Å². The van der Waals surface area contributed by atoms with Gasteiger partial charge in [0.05, 0.1) is 12.9 Å². The van der Waals surface area contributed by atoms with Gasteiger partial charge in [-0.1, -0.05) is 13.0 Å². The van der Waals surface area contributed by atoms with Crippen molar-refractivity contribution in [1.82, 2.24) is 5.32 Å². The molecule has 0 aliphatic heterocycles. The molecular formula is C13H18FNO2S. The summed E-state index contributed by atoms with van der Waals surface area (Å²) in [6.45, 7) is 2.71. The Hall–Kier alpha value is -1.23. The van der Waals surface area contributed by atoms with E-state index >= 15 is 0 Å². The Morgan fingerprint density at radius 3 is 2.89 bits per heavy atom. The van der Waals surface area contributed by atoms with E-state index < -0.39 is 0 Å². The van der Waals surface area contributed by atoms with Crippen LogP contribution in [-0.2, 0) is 10.5 Å². The molecular weight excluding hydrogens is 253 g/mol. The van der Waals surface area contributed by atoms with E-state index in [1.165, 1.54) is 24.9 Å². The third-order valence-electron chi connectivity index (χ3n) is 2.29. The zero-order chi connectivity index (χ0) is 13.4. The van der Waals surface area contributed by atoms with Gasteiger partial charge in [0.15, 0.2) is 11.6 Å². The molecule has 0 heterocycles. The highest BCUT2D eigenvalue weighted by molar-refractivity contribution is 7.99. The number of hydrogen-bond acceptors (Lipinski definition) is 3. The maximum Gasteiger partial charge on any atom is 0.230 e. The second-order valence-corrected chi connectivity index (χ2v) is 4.80. The van der Waals surface area contributed by atoms with Crippen LogP contribution in [0.4, 0.5) is 4.39 Å². The van der Waals surface area contributed by atoms with Crippen molar-refractivity contribution in [2.45, 2.75) is 19.1 Å². The predicted molar refractivity (Wildman–Crippen MR) is 72.4 cm³/mol. The first-order chi connectivity index (χ1) is 8.67. The fourth-order valence-corrected chi connectivity index (χ4v) is 2.18. The van der Waals surface area contributed by atoms with Gasteiger partial charge in [-0.2, -0.15) is 0 Å². The maximum absolute atomic E-state index is 13.4. The quantitative estimate of drug-likeness (QED) is 0.828. The first-order valence-corrected chi connectivity index (χ1v) is 6.99. The van der Waals surface area contributed by atoms with E-state index in [0.717, 1.165) is 12.0 Å². The van der Waals surface area contributed by atoms with E-state index in [9.17, 15) is 9.18 Å². The molecule has 0 atom stereocenters. The van der Waals surface area contributed by atoms with Crippen LogP contribution in [0.2, 0.25) is 0 Å². The normalized spacial score (nSPS) is 10.2. The molecule has 0 fully saturated rings. The van der Waals surface area contributed by atoms with Crippen molar-refractivity contribution in [3.8, 4) is 5.75 Å². The van der Waals surface area contributed by atoms with Crippen molar-refractivity contribution in [2.24, 2.45) is 0 Å². The van der Waals surface area contributed by atoms with E-state index in [-0.39, 0.29) is 17.5 Å². The highest BCUT2D eigenvalue weighted by Crippen LogP contribution is 2.20. The standard InChI is InChI=1S/C13H18FNO2S/c1-3-6-15-13(16)9-18-8-10-4-5-12(17-2)11(14)7-10/h4-5,7H,3,6,8-9H2,1-2H3,(H,15,16). The molecule has 0 radical (unpaired) electrons. The number of methoxy groups -OCH3 is 1. The van der Waals surface area contributed by atoms with Gasteiger partial charge in [-0.05, 0) is 24.1 Å². The second kappa shape index (κ2) is 7.97. The zero-order valence-electron chi connectivity index (χ0n) is 10.7. The fraction of sp³-hybridized carbons (Fsp3) is 0.462. The second-order valence-electron chi connectivity index (χ2n) is 3.81. The molecule has 0 spiro atoms. The molecule has 1 N–H and O–H groups in total. The molecule has 3 nitrogen and oxygen atoms in total. The van der Waals surface area contributed by atoms with Gasteiger partial charge in [0.1, 0.15) is 0 Å². The Kier molecular flexibility index (Phi) is 6.57. The largest absolute Gasteiger partial charge is 0.494 e. The number of thioether (sulfide) groups is 1. The number of nitrogens with one attached hydrogen (secondary N) is 1. The van der Waals surface area contributed by atoms with Gasteiger partial charge in [0, 0.05) is 12.3 Å². The summed E-state index contributed by atoms with van der Waals surface area (Å²) in [4.78, 5) is 11.3. The Morgan fingerprint density at radius 1 is 1.50 bits per heavy atom. The van der Waals surface area contributed by atoms with Crippen molar-refractivity contribution in [3.63, 3.8) is 0 Å². The lowest BCUT2D eigenvalue weighted by Gasteiger charge is -2.06. The topological polar surface area (TPSA) is 38.3 Å². The third-order valence-corrected chi connectivity index (χ3v) is 3.29. The Bertz CT molecular complexity index is 399. The lowest BCUT2D eigenvalue weighted by Crippen LogP contribution is -2.25. The lowest BCUT2D eigenvalue weighted by atomic mass is 10.2. The minimum absolute atomic E-state index is 0.0239. The summed E-state index contributed by atoms with van der Waals surface area (Å²) in [5.41, 5.74) is 0.849. The summed E-state index contributed by atoms with van der Waals surface area (Å²) in [5.74, 6) is 0.903. The average molecular weight is 271 g/mol. The lowest BCUT2D eigenvalue weighted by molar-refractivity contribution is -0.118. The summed E-state index contributed by atoms with van der Waals surface area (Å²) in [6, 6.07) is 4.84. The smallest absolute Gasteiger partial charge is 0.230 e. The van der Waals surface area contributed by atoms with Gasteiger partial charge in [-0.15, -0.1) is 11.8 Å². The SMILES string of the molecule is CCCNC(=O)CSCc1ccc(OC)c(F)c1. The molecule has 18 heavy (non-hydrogen) atoms. The molecule has 5 heteroatoms. The molecule has 0 aliphatic rings. The van der Waals surface area contributed by atoms with Gasteiger partial charge in [0.2, 0.25) is 5.91 Å². The number of benzene rings is 1. The highest BCUT2D eigenvalue weighted by Gasteiger charge is 2.05. The number of rotatable bonds is 7. The Morgan fingerprint density at radius 2 is 2.28 bits per heavy atom. The van der Waals surface area contributed by atoms with Crippen LogP contribution in [0.1, 0.15) is 18.9 Å². The van der Waals surface area contributed by atoms with Crippen molar-refractivity contribution in [2.75, 3.05) is 19.4 Å². The van der Waals surface area contributed by atoms with Crippen molar-refractivity contribution >= 4 is 17.7 Å². The van der Waals surface area contributed by atoms with Crippen LogP contribution in [0.25, 0.3) is 0 Å². The summed E-state index contributed by atoms with van der Waals surface area (Å²) in [6.07, 6.45) is 0.931. The molecule has 1 aromatic carbocycles. The van der Waals surface area contributed by atoms with Crippen molar-refractivity contribution < 1.29 is 13.9 Å². The molecule has 100 valence electrons. The van der Waals surface area contributed by atoms with Gasteiger partial charge >= 0.3 is 0 Å². The molecule has 0 aromatic heterocycles. The molecule has 1 aromatic rings. The van der Waals surface area contributed by atoms with Crippen LogP contribution >= 0.6 is 11.8 Å². The molecule has 0 unspecified atom stereocenters. The fourth-order valence-electron chi connectivity index (χ4n) is 1.38. The Labute approximate surface area is 111 Å². The summed E-state index contributed by atoms with van der Waals surface area (Å²) in [5, 5.41) is 2.79. The number of halogens is 1. The number of hydrogen-bond donors (Lipinski definition) is 1. The van der Waals surface area contributed by atoms with E-state index in [1.807, 2.05) is 6.92 Å². The number of carbonyl (C=O) groups is 1. The first kappa shape index (κ1) is 14.8. The molecule has 1 rings (SSSR count). The Balaban J connectivity index is 2.35. The molecule has 0 saturated heterocycles. The molecule has 0 bridgehead atoms. The van der Waals surface area contributed by atoms with Gasteiger partial charge in [-0.3, -0.25) is 4.79 Å². The van der Waals surface area contributed by atoms with Crippen LogP contribution in [-0.4, -0.2) is 25.3 Å². The minimum atomic E-state index is -0.369. The van der Waals surface area contributed by atoms with Crippen LogP contribution in [0.5, 0.6) is 5.75 Å². The van der Waals surface area contributed by atoms with E-state index in [1.54, 1.807) is 12.1 Å². The monoisotopic (exact) mass is 271 g/mol.